The van der Waals surface area contributed by atoms with Crippen molar-refractivity contribution in [2.75, 3.05) is 11.3 Å². The summed E-state index contributed by atoms with van der Waals surface area (Å²) >= 11 is 5.87. The second-order valence-electron chi connectivity index (χ2n) is 4.02. The van der Waals surface area contributed by atoms with Crippen LogP contribution in [-0.4, -0.2) is 29.7 Å². The molecule has 7 nitrogen and oxygen atoms in total. The highest BCUT2D eigenvalue weighted by Gasteiger charge is 2.18. The quantitative estimate of drug-likeness (QED) is 0.830. The number of anilines is 1. The van der Waals surface area contributed by atoms with E-state index in [0.29, 0.717) is 13.1 Å². The molecule has 3 N–H and O–H groups in total. The minimum Gasteiger partial charge on any atom is -0.330 e. The lowest BCUT2D eigenvalue weighted by molar-refractivity contribution is 0.582. The van der Waals surface area contributed by atoms with Crippen LogP contribution in [0.1, 0.15) is 6.42 Å². The van der Waals surface area contributed by atoms with Crippen LogP contribution < -0.4 is 10.5 Å². The molecule has 0 saturated carbocycles. The van der Waals surface area contributed by atoms with Crippen LogP contribution in [0.3, 0.4) is 0 Å². The van der Waals surface area contributed by atoms with Crippen molar-refractivity contribution < 1.29 is 8.42 Å². The Kier molecular flexibility index (Phi) is 4.58. The summed E-state index contributed by atoms with van der Waals surface area (Å²) in [6.45, 7) is 1.08. The maximum absolute atomic E-state index is 12.2. The summed E-state index contributed by atoms with van der Waals surface area (Å²) in [6.07, 6.45) is 4.89. The Morgan fingerprint density at radius 2 is 2.25 bits per heavy atom. The van der Waals surface area contributed by atoms with Crippen LogP contribution in [0.5, 0.6) is 0 Å². The van der Waals surface area contributed by atoms with E-state index in [0.717, 1.165) is 6.42 Å². The van der Waals surface area contributed by atoms with E-state index in [2.05, 4.69) is 14.8 Å². The lowest BCUT2D eigenvalue weighted by Gasteiger charge is -2.06. The largest absolute Gasteiger partial charge is 0.330 e. The molecule has 0 unspecified atom stereocenters. The predicted octanol–water partition coefficient (Wildman–Crippen LogP) is 1.08. The number of rotatable bonds is 6. The van der Waals surface area contributed by atoms with Crippen molar-refractivity contribution in [1.29, 1.82) is 0 Å². The van der Waals surface area contributed by atoms with Gasteiger partial charge in [0.05, 0.1) is 11.2 Å². The van der Waals surface area contributed by atoms with E-state index in [1.54, 1.807) is 12.1 Å². The molecule has 0 aliphatic rings. The molecule has 0 atom stereocenters. The number of pyridine rings is 1. The molecule has 9 heteroatoms. The molecule has 0 spiro atoms. The third-order valence-corrected chi connectivity index (χ3v) is 4.10. The first kappa shape index (κ1) is 14.8. The Labute approximate surface area is 121 Å². The third-order valence-electron chi connectivity index (χ3n) is 2.50. The van der Waals surface area contributed by atoms with E-state index in [9.17, 15) is 8.42 Å². The van der Waals surface area contributed by atoms with Gasteiger partial charge in [-0.15, -0.1) is 0 Å². The monoisotopic (exact) mass is 315 g/mol. The van der Waals surface area contributed by atoms with Crippen molar-refractivity contribution in [3.63, 3.8) is 0 Å². The summed E-state index contributed by atoms with van der Waals surface area (Å²) < 4.78 is 28.2. The molecule has 108 valence electrons. The van der Waals surface area contributed by atoms with E-state index in [1.165, 1.54) is 23.3 Å². The van der Waals surface area contributed by atoms with Crippen molar-refractivity contribution in [3.05, 3.63) is 35.7 Å². The maximum atomic E-state index is 12.2. The van der Waals surface area contributed by atoms with Gasteiger partial charge < -0.3 is 5.73 Å². The van der Waals surface area contributed by atoms with E-state index in [-0.39, 0.29) is 15.7 Å². The second-order valence-corrected chi connectivity index (χ2v) is 6.11. The van der Waals surface area contributed by atoms with Crippen molar-refractivity contribution in [2.24, 2.45) is 5.73 Å². The first-order valence-electron chi connectivity index (χ1n) is 5.89. The number of aryl methyl sites for hydroxylation is 1. The molecule has 20 heavy (non-hydrogen) atoms. The maximum Gasteiger partial charge on any atom is 0.266 e. The van der Waals surface area contributed by atoms with E-state index in [1.807, 2.05) is 0 Å². The number of sulfonamides is 1. The standard InChI is InChI=1S/C11H14ClN5O2S/c12-10-3-1-5-14-11(10)16-20(18,19)9-7-15-17(8-9)6-2-4-13/h1,3,5,7-8H,2,4,6,13H2,(H,14,16). The molecular weight excluding hydrogens is 302 g/mol. The molecular formula is C11H14ClN5O2S. The average Bonchev–Trinajstić information content (AvgIpc) is 2.88. The lowest BCUT2D eigenvalue weighted by Crippen LogP contribution is -2.13. The van der Waals surface area contributed by atoms with Crippen molar-refractivity contribution >= 4 is 27.4 Å². The van der Waals surface area contributed by atoms with Crippen LogP contribution in [0, 0.1) is 0 Å². The zero-order valence-electron chi connectivity index (χ0n) is 10.5. The fourth-order valence-electron chi connectivity index (χ4n) is 1.51. The number of hydrogen-bond donors (Lipinski definition) is 2. The summed E-state index contributed by atoms with van der Waals surface area (Å²) in [7, 11) is -3.75. The number of nitrogens with zero attached hydrogens (tertiary/aromatic N) is 3. The van der Waals surface area contributed by atoms with Crippen LogP contribution in [0.15, 0.2) is 35.6 Å². The summed E-state index contributed by atoms with van der Waals surface area (Å²) in [5.74, 6) is 0.0869. The van der Waals surface area contributed by atoms with E-state index >= 15 is 0 Å². The van der Waals surface area contributed by atoms with Crippen LogP contribution >= 0.6 is 11.6 Å². The minimum absolute atomic E-state index is 0.0521. The summed E-state index contributed by atoms with van der Waals surface area (Å²) in [5, 5.41) is 4.20. The topological polar surface area (TPSA) is 103 Å². The smallest absolute Gasteiger partial charge is 0.266 e. The Morgan fingerprint density at radius 3 is 2.95 bits per heavy atom. The van der Waals surface area contributed by atoms with E-state index < -0.39 is 10.0 Å². The first-order valence-corrected chi connectivity index (χ1v) is 7.75. The van der Waals surface area contributed by atoms with Gasteiger partial charge in [0.15, 0.2) is 5.82 Å². The summed E-state index contributed by atoms with van der Waals surface area (Å²) in [5.41, 5.74) is 5.39. The molecule has 0 aliphatic heterocycles. The normalized spacial score (nSPS) is 11.5. The lowest BCUT2D eigenvalue weighted by atomic mass is 10.4. The fraction of sp³-hybridized carbons (Fsp3) is 0.273. The van der Waals surface area contributed by atoms with Gasteiger partial charge in [-0.2, -0.15) is 5.10 Å². The molecule has 2 aromatic heterocycles. The van der Waals surface area contributed by atoms with Crippen LogP contribution in [0.2, 0.25) is 5.02 Å². The van der Waals surface area contributed by atoms with Crippen molar-refractivity contribution in [2.45, 2.75) is 17.9 Å². The number of nitrogens with two attached hydrogens (primary N) is 1. The van der Waals surface area contributed by atoms with Gasteiger partial charge in [0.25, 0.3) is 10.0 Å². The summed E-state index contributed by atoms with van der Waals surface area (Å²) in [6, 6.07) is 3.17. The Balaban J connectivity index is 2.18. The van der Waals surface area contributed by atoms with E-state index in [4.69, 9.17) is 17.3 Å². The van der Waals surface area contributed by atoms with Crippen molar-refractivity contribution in [3.8, 4) is 0 Å². The zero-order chi connectivity index (χ0) is 14.6. The SMILES string of the molecule is NCCCn1cc(S(=O)(=O)Nc2ncccc2Cl)cn1. The highest BCUT2D eigenvalue weighted by Crippen LogP contribution is 2.21. The van der Waals surface area contributed by atoms with Crippen LogP contribution in [0.25, 0.3) is 0 Å². The summed E-state index contributed by atoms with van der Waals surface area (Å²) in [4.78, 5) is 3.93. The van der Waals surface area contributed by atoms with Gasteiger partial charge in [0.1, 0.15) is 4.90 Å². The predicted molar refractivity (Wildman–Crippen MR) is 76.0 cm³/mol. The van der Waals surface area contributed by atoms with Gasteiger partial charge >= 0.3 is 0 Å². The van der Waals surface area contributed by atoms with Crippen LogP contribution in [-0.2, 0) is 16.6 Å². The zero-order valence-corrected chi connectivity index (χ0v) is 12.1. The molecule has 2 rings (SSSR count). The minimum atomic E-state index is -3.75. The van der Waals surface area contributed by atoms with Crippen molar-refractivity contribution in [1.82, 2.24) is 14.8 Å². The number of aromatic nitrogens is 3. The molecule has 0 fully saturated rings. The van der Waals surface area contributed by atoms with Gasteiger partial charge in [-0.05, 0) is 25.1 Å². The number of hydrogen-bond acceptors (Lipinski definition) is 5. The van der Waals surface area contributed by atoms with Gasteiger partial charge in [-0.3, -0.25) is 9.40 Å². The molecule has 2 heterocycles. The second kappa shape index (κ2) is 6.21. The molecule has 0 amide bonds. The van der Waals surface area contributed by atoms with Gasteiger partial charge in [-0.25, -0.2) is 13.4 Å². The Morgan fingerprint density at radius 1 is 1.45 bits per heavy atom. The van der Waals surface area contributed by atoms with Crippen LogP contribution in [0.4, 0.5) is 5.82 Å². The van der Waals surface area contributed by atoms with Gasteiger partial charge in [-0.1, -0.05) is 11.6 Å². The average molecular weight is 316 g/mol. The highest BCUT2D eigenvalue weighted by atomic mass is 35.5. The molecule has 0 radical (unpaired) electrons. The van der Waals surface area contributed by atoms with Gasteiger partial charge in [0.2, 0.25) is 0 Å². The molecule has 0 bridgehead atoms. The molecule has 0 saturated heterocycles. The number of halogens is 1. The molecule has 2 aromatic rings. The number of nitrogens with one attached hydrogen (secondary N) is 1. The Bertz CT molecular complexity index is 686. The third kappa shape index (κ3) is 3.47. The fourth-order valence-corrected chi connectivity index (χ4v) is 2.71. The highest BCUT2D eigenvalue weighted by molar-refractivity contribution is 7.92. The molecule has 0 aromatic carbocycles. The Hall–Kier alpha value is -1.64. The van der Waals surface area contributed by atoms with Gasteiger partial charge in [0, 0.05) is 18.9 Å². The molecule has 0 aliphatic carbocycles. The first-order chi connectivity index (χ1) is 9.53.